The van der Waals surface area contributed by atoms with E-state index < -0.39 is 11.7 Å². The van der Waals surface area contributed by atoms with E-state index in [9.17, 15) is 9.18 Å². The number of nitrogens with one attached hydrogen (secondary N) is 1. The summed E-state index contributed by atoms with van der Waals surface area (Å²) >= 11 is 11.8. The molecular weight excluding hydrogens is 276 g/mol. The molecule has 2 rings (SSSR count). The molecule has 18 heavy (non-hydrogen) atoms. The first kappa shape index (κ1) is 12.9. The number of anilines is 1. The summed E-state index contributed by atoms with van der Waals surface area (Å²) in [7, 11) is 0. The minimum atomic E-state index is -0.479. The fraction of sp³-hybridized carbons (Fsp3) is 0. The summed E-state index contributed by atoms with van der Waals surface area (Å²) in [6, 6.07) is 10.2. The molecule has 0 unspecified atom stereocenters. The summed E-state index contributed by atoms with van der Waals surface area (Å²) in [6.45, 7) is 0. The number of hydrogen-bond donors (Lipinski definition) is 1. The lowest BCUT2D eigenvalue weighted by atomic mass is 10.2. The maximum atomic E-state index is 13.0. The molecule has 0 aromatic heterocycles. The number of amides is 1. The Kier molecular flexibility index (Phi) is 3.84. The van der Waals surface area contributed by atoms with Gasteiger partial charge in [-0.05, 0) is 30.3 Å². The summed E-state index contributed by atoms with van der Waals surface area (Å²) in [6.07, 6.45) is 0. The second-order valence-electron chi connectivity index (χ2n) is 3.56. The summed E-state index contributed by atoms with van der Waals surface area (Å²) in [5.41, 5.74) is 0.515. The highest BCUT2D eigenvalue weighted by molar-refractivity contribution is 6.40. The Morgan fingerprint density at radius 2 is 1.67 bits per heavy atom. The lowest BCUT2D eigenvalue weighted by Crippen LogP contribution is -2.12. The molecule has 0 heterocycles. The van der Waals surface area contributed by atoms with Gasteiger partial charge in [0.2, 0.25) is 0 Å². The van der Waals surface area contributed by atoms with E-state index >= 15 is 0 Å². The van der Waals surface area contributed by atoms with Crippen molar-refractivity contribution in [2.45, 2.75) is 0 Å². The molecule has 2 aromatic carbocycles. The predicted octanol–water partition coefficient (Wildman–Crippen LogP) is 4.38. The number of hydrogen-bond acceptors (Lipinski definition) is 1. The standard InChI is InChI=1S/C13H8Cl2FNO/c14-10-5-2-6-11(15)12(10)17-13(18)8-3-1-4-9(16)7-8/h1-7H,(H,17,18). The van der Waals surface area contributed by atoms with Crippen molar-refractivity contribution >= 4 is 34.8 Å². The molecule has 0 aliphatic rings. The summed E-state index contributed by atoms with van der Waals surface area (Å²) < 4.78 is 13.0. The maximum absolute atomic E-state index is 13.0. The van der Waals surface area contributed by atoms with Gasteiger partial charge in [-0.25, -0.2) is 4.39 Å². The fourth-order valence-corrected chi connectivity index (χ4v) is 1.92. The topological polar surface area (TPSA) is 29.1 Å². The van der Waals surface area contributed by atoms with Gasteiger partial charge in [-0.3, -0.25) is 4.79 Å². The smallest absolute Gasteiger partial charge is 0.255 e. The number of carbonyl (C=O) groups excluding carboxylic acids is 1. The second kappa shape index (κ2) is 5.38. The average molecular weight is 284 g/mol. The zero-order valence-corrected chi connectivity index (χ0v) is 10.6. The van der Waals surface area contributed by atoms with Gasteiger partial charge in [0.1, 0.15) is 5.82 Å². The van der Waals surface area contributed by atoms with Crippen molar-refractivity contribution in [3.05, 3.63) is 63.9 Å². The molecule has 1 N–H and O–H groups in total. The second-order valence-corrected chi connectivity index (χ2v) is 4.38. The molecule has 0 fully saturated rings. The largest absolute Gasteiger partial charge is 0.319 e. The number of para-hydroxylation sites is 1. The molecule has 0 saturated carbocycles. The number of carbonyl (C=O) groups is 1. The van der Waals surface area contributed by atoms with Crippen LogP contribution in [-0.4, -0.2) is 5.91 Å². The van der Waals surface area contributed by atoms with Crippen LogP contribution in [0.5, 0.6) is 0 Å². The van der Waals surface area contributed by atoms with Crippen molar-refractivity contribution < 1.29 is 9.18 Å². The van der Waals surface area contributed by atoms with Gasteiger partial charge in [-0.15, -0.1) is 0 Å². The molecule has 0 spiro atoms. The first-order valence-corrected chi connectivity index (χ1v) is 5.84. The lowest BCUT2D eigenvalue weighted by Gasteiger charge is -2.09. The number of halogens is 3. The van der Waals surface area contributed by atoms with Crippen molar-refractivity contribution in [3.8, 4) is 0 Å². The van der Waals surface area contributed by atoms with E-state index in [2.05, 4.69) is 5.32 Å². The van der Waals surface area contributed by atoms with Crippen molar-refractivity contribution in [3.63, 3.8) is 0 Å². The molecule has 0 atom stereocenters. The van der Waals surface area contributed by atoms with Crippen molar-refractivity contribution in [1.82, 2.24) is 0 Å². The highest BCUT2D eigenvalue weighted by atomic mass is 35.5. The lowest BCUT2D eigenvalue weighted by molar-refractivity contribution is 0.102. The van der Waals surface area contributed by atoms with E-state index in [1.165, 1.54) is 18.2 Å². The van der Waals surface area contributed by atoms with Crippen LogP contribution in [-0.2, 0) is 0 Å². The Morgan fingerprint density at radius 3 is 2.28 bits per heavy atom. The zero-order chi connectivity index (χ0) is 13.1. The van der Waals surface area contributed by atoms with Gasteiger partial charge < -0.3 is 5.32 Å². The molecule has 0 aliphatic heterocycles. The molecular formula is C13H8Cl2FNO. The summed E-state index contributed by atoms with van der Waals surface area (Å²) in [5, 5.41) is 3.20. The van der Waals surface area contributed by atoms with Crippen LogP contribution >= 0.6 is 23.2 Å². The normalized spacial score (nSPS) is 10.2. The summed E-state index contributed by atoms with van der Waals surface area (Å²) in [4.78, 5) is 11.9. The van der Waals surface area contributed by atoms with Crippen molar-refractivity contribution in [1.29, 1.82) is 0 Å². The zero-order valence-electron chi connectivity index (χ0n) is 9.08. The number of benzene rings is 2. The van der Waals surface area contributed by atoms with Gasteiger partial charge >= 0.3 is 0 Å². The van der Waals surface area contributed by atoms with Crippen LogP contribution in [0.3, 0.4) is 0 Å². The minimum absolute atomic E-state index is 0.200. The van der Waals surface area contributed by atoms with E-state index in [4.69, 9.17) is 23.2 Å². The Morgan fingerprint density at radius 1 is 1.06 bits per heavy atom. The van der Waals surface area contributed by atoms with Crippen LogP contribution in [0, 0.1) is 5.82 Å². The molecule has 1 amide bonds. The summed E-state index contributed by atoms with van der Waals surface area (Å²) in [5.74, 6) is -0.947. The SMILES string of the molecule is O=C(Nc1c(Cl)cccc1Cl)c1cccc(F)c1. The van der Waals surface area contributed by atoms with Crippen LogP contribution in [0.15, 0.2) is 42.5 Å². The molecule has 2 aromatic rings. The quantitative estimate of drug-likeness (QED) is 0.870. The Bertz CT molecular complexity index is 581. The van der Waals surface area contributed by atoms with Crippen LogP contribution in [0.2, 0.25) is 10.0 Å². The maximum Gasteiger partial charge on any atom is 0.255 e. The average Bonchev–Trinajstić information content (AvgIpc) is 2.34. The third kappa shape index (κ3) is 2.81. The van der Waals surface area contributed by atoms with Crippen LogP contribution in [0.1, 0.15) is 10.4 Å². The molecule has 2 nitrogen and oxygen atoms in total. The van der Waals surface area contributed by atoms with E-state index in [-0.39, 0.29) is 5.56 Å². The third-order valence-electron chi connectivity index (χ3n) is 2.29. The van der Waals surface area contributed by atoms with Gasteiger partial charge in [-0.1, -0.05) is 35.3 Å². The van der Waals surface area contributed by atoms with Crippen molar-refractivity contribution in [2.24, 2.45) is 0 Å². The molecule has 0 radical (unpaired) electrons. The molecule has 5 heteroatoms. The molecule has 0 aliphatic carbocycles. The van der Waals surface area contributed by atoms with Gasteiger partial charge in [0.15, 0.2) is 0 Å². The Hall–Kier alpha value is -1.58. The third-order valence-corrected chi connectivity index (χ3v) is 2.92. The molecule has 0 bridgehead atoms. The monoisotopic (exact) mass is 283 g/mol. The van der Waals surface area contributed by atoms with Gasteiger partial charge in [0.25, 0.3) is 5.91 Å². The van der Waals surface area contributed by atoms with Crippen molar-refractivity contribution in [2.75, 3.05) is 5.32 Å². The molecule has 0 saturated heterocycles. The van der Waals surface area contributed by atoms with Gasteiger partial charge in [-0.2, -0.15) is 0 Å². The van der Waals surface area contributed by atoms with Crippen LogP contribution in [0.4, 0.5) is 10.1 Å². The van der Waals surface area contributed by atoms with E-state index in [1.54, 1.807) is 18.2 Å². The van der Waals surface area contributed by atoms with E-state index in [0.717, 1.165) is 6.07 Å². The Balaban J connectivity index is 2.27. The minimum Gasteiger partial charge on any atom is -0.319 e. The predicted molar refractivity (Wildman–Crippen MR) is 70.8 cm³/mol. The van der Waals surface area contributed by atoms with Crippen LogP contribution < -0.4 is 5.32 Å². The number of rotatable bonds is 2. The first-order valence-electron chi connectivity index (χ1n) is 5.09. The van der Waals surface area contributed by atoms with Gasteiger partial charge in [0, 0.05) is 5.56 Å². The van der Waals surface area contributed by atoms with Gasteiger partial charge in [0.05, 0.1) is 15.7 Å². The highest BCUT2D eigenvalue weighted by Crippen LogP contribution is 2.30. The van der Waals surface area contributed by atoms with E-state index in [0.29, 0.717) is 15.7 Å². The van der Waals surface area contributed by atoms with Crippen LogP contribution in [0.25, 0.3) is 0 Å². The first-order chi connectivity index (χ1) is 8.58. The molecule has 92 valence electrons. The Labute approximate surface area is 113 Å². The fourth-order valence-electron chi connectivity index (χ4n) is 1.43. The highest BCUT2D eigenvalue weighted by Gasteiger charge is 2.11. The van der Waals surface area contributed by atoms with E-state index in [1.807, 2.05) is 0 Å².